The largest absolute Gasteiger partial charge is 0.389 e. The zero-order valence-corrected chi connectivity index (χ0v) is 15.2. The molecule has 0 amide bonds. The van der Waals surface area contributed by atoms with Crippen LogP contribution in [-0.4, -0.2) is 27.1 Å². The molecule has 3 rings (SSSR count). The smallest absolute Gasteiger partial charge is 0.361 e. The second-order valence-corrected chi connectivity index (χ2v) is 7.05. The van der Waals surface area contributed by atoms with Gasteiger partial charge in [0.1, 0.15) is 11.5 Å². The third kappa shape index (κ3) is 5.00. The molecule has 0 aromatic carbocycles. The van der Waals surface area contributed by atoms with Crippen molar-refractivity contribution in [3.05, 3.63) is 51.8 Å². The highest BCUT2D eigenvalue weighted by molar-refractivity contribution is 7.13. The summed E-state index contributed by atoms with van der Waals surface area (Å²) >= 11 is 1.13. The van der Waals surface area contributed by atoms with Gasteiger partial charge in [0.15, 0.2) is 5.78 Å². The van der Waals surface area contributed by atoms with Crippen LogP contribution in [0.4, 0.5) is 13.2 Å². The number of carbonyl (C=O) groups is 1. The van der Waals surface area contributed by atoms with E-state index in [1.807, 2.05) is 25.1 Å². The number of Topliss-reactive ketones (excluding diaryl/α,β-unsaturated/α-hetero) is 1. The fraction of sp³-hybridized carbons (Fsp3) is 0.333. The molecule has 0 atom stereocenters. The molecule has 0 aliphatic heterocycles. The van der Waals surface area contributed by atoms with Crippen molar-refractivity contribution in [1.29, 1.82) is 0 Å². The van der Waals surface area contributed by atoms with Gasteiger partial charge in [-0.1, -0.05) is 11.2 Å². The molecule has 0 radical (unpaired) electrons. The van der Waals surface area contributed by atoms with Gasteiger partial charge in [0.2, 0.25) is 0 Å². The monoisotopic (exact) mass is 395 g/mol. The highest BCUT2D eigenvalue weighted by Gasteiger charge is 2.28. The number of hydrogen-bond donors (Lipinski definition) is 0. The summed E-state index contributed by atoms with van der Waals surface area (Å²) in [4.78, 5) is 20.6. The minimum Gasteiger partial charge on any atom is -0.361 e. The SMILES string of the molecule is Cc1onc(-c2ccccn2)c1CCc1ncc(C(=O)CCC(F)(F)F)s1. The lowest BCUT2D eigenvalue weighted by Crippen LogP contribution is -2.10. The molecule has 0 saturated heterocycles. The molecule has 3 aromatic heterocycles. The molecule has 5 nitrogen and oxygen atoms in total. The molecule has 0 unspecified atom stereocenters. The molecule has 142 valence electrons. The van der Waals surface area contributed by atoms with Gasteiger partial charge in [0.25, 0.3) is 0 Å². The molecule has 3 aromatic rings. The van der Waals surface area contributed by atoms with Gasteiger partial charge in [-0.15, -0.1) is 11.3 Å². The number of thiazole rings is 1. The van der Waals surface area contributed by atoms with Crippen LogP contribution in [0.15, 0.2) is 35.1 Å². The minimum atomic E-state index is -4.34. The Labute approximate surface area is 157 Å². The lowest BCUT2D eigenvalue weighted by atomic mass is 10.1. The summed E-state index contributed by atoms with van der Waals surface area (Å²) in [7, 11) is 0. The number of carbonyl (C=O) groups excluding carboxylic acids is 1. The number of ketones is 1. The normalized spacial score (nSPS) is 11.7. The molecule has 27 heavy (non-hydrogen) atoms. The lowest BCUT2D eigenvalue weighted by Gasteiger charge is -2.03. The van der Waals surface area contributed by atoms with Crippen LogP contribution in [0.3, 0.4) is 0 Å². The van der Waals surface area contributed by atoms with E-state index in [0.717, 1.165) is 16.9 Å². The average Bonchev–Trinajstić information content (AvgIpc) is 3.25. The van der Waals surface area contributed by atoms with Crippen molar-refractivity contribution in [2.75, 3.05) is 0 Å². The van der Waals surface area contributed by atoms with E-state index in [0.29, 0.717) is 35.0 Å². The van der Waals surface area contributed by atoms with Gasteiger partial charge in [0.05, 0.1) is 22.0 Å². The van der Waals surface area contributed by atoms with Gasteiger partial charge in [-0.3, -0.25) is 9.78 Å². The Kier molecular flexibility index (Phi) is 5.69. The van der Waals surface area contributed by atoms with Crippen LogP contribution in [0.5, 0.6) is 0 Å². The molecule has 3 heterocycles. The Bertz CT molecular complexity index is 920. The van der Waals surface area contributed by atoms with Gasteiger partial charge >= 0.3 is 6.18 Å². The Balaban J connectivity index is 1.66. The summed E-state index contributed by atoms with van der Waals surface area (Å²) in [6.07, 6.45) is -1.89. The van der Waals surface area contributed by atoms with Crippen LogP contribution in [0.1, 0.15) is 38.8 Å². The second kappa shape index (κ2) is 7.99. The van der Waals surface area contributed by atoms with Crippen molar-refractivity contribution in [3.8, 4) is 11.4 Å². The Hall–Kier alpha value is -2.55. The van der Waals surface area contributed by atoms with Gasteiger partial charge < -0.3 is 4.52 Å². The molecule has 0 bridgehead atoms. The maximum Gasteiger partial charge on any atom is 0.389 e. The Morgan fingerprint density at radius 1 is 1.22 bits per heavy atom. The first-order chi connectivity index (χ1) is 12.8. The van der Waals surface area contributed by atoms with E-state index in [4.69, 9.17) is 4.52 Å². The summed E-state index contributed by atoms with van der Waals surface area (Å²) in [6, 6.07) is 5.50. The van der Waals surface area contributed by atoms with Crippen molar-refractivity contribution in [3.63, 3.8) is 0 Å². The fourth-order valence-electron chi connectivity index (χ4n) is 2.55. The predicted molar refractivity (Wildman–Crippen MR) is 93.6 cm³/mol. The summed E-state index contributed by atoms with van der Waals surface area (Å²) in [5.74, 6) is 0.139. The zero-order valence-electron chi connectivity index (χ0n) is 14.4. The number of halogens is 3. The number of aryl methyl sites for hydroxylation is 2. The first-order valence-electron chi connectivity index (χ1n) is 8.24. The fourth-order valence-corrected chi connectivity index (χ4v) is 3.44. The van der Waals surface area contributed by atoms with Gasteiger partial charge in [-0.25, -0.2) is 4.98 Å². The van der Waals surface area contributed by atoms with E-state index in [9.17, 15) is 18.0 Å². The molecule has 0 spiro atoms. The molecular formula is C18H16F3N3O2S. The third-order valence-electron chi connectivity index (χ3n) is 3.94. The van der Waals surface area contributed by atoms with Crippen LogP contribution in [0.2, 0.25) is 0 Å². The topological polar surface area (TPSA) is 68.9 Å². The number of aromatic nitrogens is 3. The molecule has 0 saturated carbocycles. The predicted octanol–water partition coefficient (Wildman–Crippen LogP) is 4.81. The van der Waals surface area contributed by atoms with Crippen LogP contribution in [0, 0.1) is 6.92 Å². The van der Waals surface area contributed by atoms with E-state index in [1.54, 1.807) is 6.20 Å². The van der Waals surface area contributed by atoms with Crippen LogP contribution >= 0.6 is 11.3 Å². The van der Waals surface area contributed by atoms with Crippen molar-refractivity contribution in [2.45, 2.75) is 38.8 Å². The summed E-state index contributed by atoms with van der Waals surface area (Å²) in [5, 5.41) is 4.74. The molecular weight excluding hydrogens is 379 g/mol. The van der Waals surface area contributed by atoms with Gasteiger partial charge in [-0.2, -0.15) is 13.2 Å². The number of pyridine rings is 1. The van der Waals surface area contributed by atoms with E-state index in [2.05, 4.69) is 15.1 Å². The second-order valence-electron chi connectivity index (χ2n) is 5.94. The van der Waals surface area contributed by atoms with Crippen molar-refractivity contribution >= 4 is 17.1 Å². The quantitative estimate of drug-likeness (QED) is 0.537. The number of hydrogen-bond acceptors (Lipinski definition) is 6. The highest BCUT2D eigenvalue weighted by Crippen LogP contribution is 2.27. The Morgan fingerprint density at radius 3 is 2.74 bits per heavy atom. The minimum absolute atomic E-state index is 0.251. The highest BCUT2D eigenvalue weighted by atomic mass is 32.1. The Morgan fingerprint density at radius 2 is 2.04 bits per heavy atom. The molecule has 9 heteroatoms. The van der Waals surface area contributed by atoms with Gasteiger partial charge in [-0.05, 0) is 25.5 Å². The molecule has 0 fully saturated rings. The van der Waals surface area contributed by atoms with E-state index in [-0.39, 0.29) is 4.88 Å². The number of alkyl halides is 3. The lowest BCUT2D eigenvalue weighted by molar-refractivity contribution is -0.133. The van der Waals surface area contributed by atoms with Gasteiger partial charge in [0, 0.05) is 30.8 Å². The molecule has 0 aliphatic rings. The average molecular weight is 395 g/mol. The zero-order chi connectivity index (χ0) is 19.4. The van der Waals surface area contributed by atoms with Crippen molar-refractivity contribution in [2.24, 2.45) is 0 Å². The molecule has 0 aliphatic carbocycles. The summed E-state index contributed by atoms with van der Waals surface area (Å²) < 4.78 is 42.0. The first-order valence-corrected chi connectivity index (χ1v) is 9.06. The van der Waals surface area contributed by atoms with Crippen LogP contribution in [0.25, 0.3) is 11.4 Å². The molecule has 0 N–H and O–H groups in total. The first kappa shape index (κ1) is 19.2. The van der Waals surface area contributed by atoms with Crippen molar-refractivity contribution < 1.29 is 22.5 Å². The standard InChI is InChI=1S/C18H16F3N3O2S/c1-11-12(17(24-26-11)13-4-2-3-9-22-13)5-6-16-23-10-15(27-16)14(25)7-8-18(19,20)21/h2-4,9-10H,5-8H2,1H3. The van der Waals surface area contributed by atoms with Crippen molar-refractivity contribution in [1.82, 2.24) is 15.1 Å². The summed E-state index contributed by atoms with van der Waals surface area (Å²) in [6.45, 7) is 1.81. The number of rotatable bonds is 7. The summed E-state index contributed by atoms with van der Waals surface area (Å²) in [5.41, 5.74) is 2.26. The number of nitrogens with zero attached hydrogens (tertiary/aromatic N) is 3. The van der Waals surface area contributed by atoms with Crippen LogP contribution < -0.4 is 0 Å². The third-order valence-corrected chi connectivity index (χ3v) is 5.04. The van der Waals surface area contributed by atoms with Crippen LogP contribution in [-0.2, 0) is 12.8 Å². The van der Waals surface area contributed by atoms with E-state index in [1.165, 1.54) is 6.20 Å². The van der Waals surface area contributed by atoms with E-state index < -0.39 is 24.8 Å². The maximum atomic E-state index is 12.2. The maximum absolute atomic E-state index is 12.2. The van der Waals surface area contributed by atoms with E-state index >= 15 is 0 Å².